The number of hydrogen-bond acceptors (Lipinski definition) is 3. The summed E-state index contributed by atoms with van der Waals surface area (Å²) in [5, 5.41) is 3.06. The van der Waals surface area contributed by atoms with Crippen LogP contribution in [0.15, 0.2) is 60.7 Å². The minimum atomic E-state index is 0.00857. The van der Waals surface area contributed by atoms with Gasteiger partial charge in [0.25, 0.3) is 0 Å². The van der Waals surface area contributed by atoms with Crippen molar-refractivity contribution in [3.8, 4) is 0 Å². The molecular weight excluding hydrogens is 392 g/mol. The van der Waals surface area contributed by atoms with Crippen molar-refractivity contribution < 1.29 is 9.59 Å². The van der Waals surface area contributed by atoms with E-state index in [4.69, 9.17) is 0 Å². The van der Waals surface area contributed by atoms with Gasteiger partial charge in [0, 0.05) is 43.1 Å². The highest BCUT2D eigenvalue weighted by Crippen LogP contribution is 2.18. The summed E-state index contributed by atoms with van der Waals surface area (Å²) in [5.74, 6) is 2.02. The Kier molecular flexibility index (Phi) is 8.57. The van der Waals surface area contributed by atoms with Crippen molar-refractivity contribution in [2.45, 2.75) is 25.5 Å². The van der Waals surface area contributed by atoms with E-state index in [2.05, 4.69) is 36.5 Å². The monoisotopic (exact) mass is 422 g/mol. The molecule has 0 saturated carbocycles. The van der Waals surface area contributed by atoms with Gasteiger partial charge < -0.3 is 10.2 Å². The van der Waals surface area contributed by atoms with Crippen LogP contribution >= 0.6 is 11.8 Å². The van der Waals surface area contributed by atoms with Gasteiger partial charge in [-0.2, -0.15) is 11.8 Å². The molecule has 1 saturated heterocycles. The zero-order chi connectivity index (χ0) is 21.2. The second kappa shape index (κ2) is 11.6. The number of likely N-dealkylation sites (tertiary alicyclic amines) is 1. The summed E-state index contributed by atoms with van der Waals surface area (Å²) in [6.45, 7) is 4.05. The number of benzene rings is 2. The number of piperidine rings is 1. The highest BCUT2D eigenvalue weighted by Gasteiger charge is 2.26. The minimum Gasteiger partial charge on any atom is -0.355 e. The van der Waals surface area contributed by atoms with Gasteiger partial charge in [-0.15, -0.1) is 0 Å². The molecule has 1 fully saturated rings. The number of hydrogen-bond donors (Lipinski definition) is 1. The van der Waals surface area contributed by atoms with Crippen LogP contribution in [0, 0.1) is 12.8 Å². The van der Waals surface area contributed by atoms with Gasteiger partial charge in [0.2, 0.25) is 11.8 Å². The predicted molar refractivity (Wildman–Crippen MR) is 125 cm³/mol. The van der Waals surface area contributed by atoms with E-state index in [0.29, 0.717) is 19.6 Å². The standard InChI is InChI=1S/C25H30N2O2S/c1-20-7-9-22(10-8-20)19-30-18-15-26-25(29)23-13-16-27(17-14-23)24(28)12-11-21-5-3-2-4-6-21/h2-12,23H,13-19H2,1H3,(H,26,29)/b12-11+. The molecule has 5 heteroatoms. The summed E-state index contributed by atoms with van der Waals surface area (Å²) in [5.41, 5.74) is 3.60. The number of rotatable bonds is 8. The van der Waals surface area contributed by atoms with Gasteiger partial charge in [0.15, 0.2) is 0 Å². The summed E-state index contributed by atoms with van der Waals surface area (Å²) in [6.07, 6.45) is 4.93. The number of nitrogens with one attached hydrogen (secondary N) is 1. The molecule has 0 aromatic heterocycles. The first kappa shape index (κ1) is 22.2. The van der Waals surface area contributed by atoms with Gasteiger partial charge in [0.1, 0.15) is 0 Å². The van der Waals surface area contributed by atoms with Crippen LogP contribution in [0.2, 0.25) is 0 Å². The highest BCUT2D eigenvalue weighted by molar-refractivity contribution is 7.98. The van der Waals surface area contributed by atoms with Crippen molar-refractivity contribution in [1.29, 1.82) is 0 Å². The number of nitrogens with zero attached hydrogens (tertiary/aromatic N) is 1. The van der Waals surface area contributed by atoms with Crippen LogP contribution in [-0.2, 0) is 15.3 Å². The first-order valence-corrected chi connectivity index (χ1v) is 11.7. The lowest BCUT2D eigenvalue weighted by molar-refractivity contribution is -0.132. The average molecular weight is 423 g/mol. The van der Waals surface area contributed by atoms with E-state index in [1.54, 1.807) is 6.08 Å². The number of thioether (sulfide) groups is 1. The summed E-state index contributed by atoms with van der Waals surface area (Å²) < 4.78 is 0. The maximum absolute atomic E-state index is 12.4. The zero-order valence-electron chi connectivity index (χ0n) is 17.5. The van der Waals surface area contributed by atoms with E-state index in [9.17, 15) is 9.59 Å². The fourth-order valence-corrected chi connectivity index (χ4v) is 4.28. The Morgan fingerprint density at radius 3 is 2.47 bits per heavy atom. The molecule has 2 aromatic rings. The minimum absolute atomic E-state index is 0.00857. The lowest BCUT2D eigenvalue weighted by Crippen LogP contribution is -2.42. The lowest BCUT2D eigenvalue weighted by atomic mass is 9.96. The zero-order valence-corrected chi connectivity index (χ0v) is 18.4. The van der Waals surface area contributed by atoms with E-state index >= 15 is 0 Å². The largest absolute Gasteiger partial charge is 0.355 e. The molecule has 1 heterocycles. The number of aryl methyl sites for hydroxylation is 1. The van der Waals surface area contributed by atoms with Crippen molar-refractivity contribution >= 4 is 29.7 Å². The Bertz CT molecular complexity index is 841. The Morgan fingerprint density at radius 1 is 1.07 bits per heavy atom. The molecule has 1 aliphatic rings. The molecule has 0 bridgehead atoms. The molecule has 1 N–H and O–H groups in total. The number of amides is 2. The van der Waals surface area contributed by atoms with Crippen LogP contribution in [0.1, 0.15) is 29.5 Å². The first-order valence-electron chi connectivity index (χ1n) is 10.5. The average Bonchev–Trinajstić information content (AvgIpc) is 2.79. The summed E-state index contributed by atoms with van der Waals surface area (Å²) in [4.78, 5) is 26.6. The van der Waals surface area contributed by atoms with Crippen LogP contribution in [0.3, 0.4) is 0 Å². The Balaban J connectivity index is 1.31. The van der Waals surface area contributed by atoms with E-state index in [0.717, 1.165) is 29.9 Å². The normalized spacial score (nSPS) is 14.8. The predicted octanol–water partition coefficient (Wildman–Crippen LogP) is 4.30. The van der Waals surface area contributed by atoms with Crippen LogP contribution in [0.25, 0.3) is 6.08 Å². The van der Waals surface area contributed by atoms with Crippen molar-refractivity contribution in [1.82, 2.24) is 10.2 Å². The third-order valence-electron chi connectivity index (χ3n) is 5.33. The van der Waals surface area contributed by atoms with Gasteiger partial charge >= 0.3 is 0 Å². The topological polar surface area (TPSA) is 49.4 Å². The van der Waals surface area contributed by atoms with Crippen molar-refractivity contribution in [3.05, 3.63) is 77.4 Å². The van der Waals surface area contributed by atoms with Gasteiger partial charge in [-0.25, -0.2) is 0 Å². The maximum Gasteiger partial charge on any atom is 0.246 e. The van der Waals surface area contributed by atoms with Gasteiger partial charge in [-0.3, -0.25) is 9.59 Å². The Hall–Kier alpha value is -2.53. The third-order valence-corrected chi connectivity index (χ3v) is 6.36. The molecule has 4 nitrogen and oxygen atoms in total. The summed E-state index contributed by atoms with van der Waals surface area (Å²) >= 11 is 1.83. The van der Waals surface area contributed by atoms with Crippen LogP contribution in [-0.4, -0.2) is 42.1 Å². The molecule has 0 spiro atoms. The second-order valence-corrected chi connectivity index (χ2v) is 8.78. The van der Waals surface area contributed by atoms with Gasteiger partial charge in [-0.05, 0) is 37.0 Å². The Labute approximate surface area is 183 Å². The van der Waals surface area contributed by atoms with Crippen molar-refractivity contribution in [2.75, 3.05) is 25.4 Å². The lowest BCUT2D eigenvalue weighted by Gasteiger charge is -2.30. The Morgan fingerprint density at radius 2 is 1.77 bits per heavy atom. The molecule has 0 aliphatic carbocycles. The molecule has 2 amide bonds. The van der Waals surface area contributed by atoms with Crippen LogP contribution in [0.5, 0.6) is 0 Å². The molecule has 0 atom stereocenters. The summed E-state index contributed by atoms with van der Waals surface area (Å²) in [6, 6.07) is 18.4. The van der Waals surface area contributed by atoms with E-state index < -0.39 is 0 Å². The van der Waals surface area contributed by atoms with Crippen LogP contribution < -0.4 is 5.32 Å². The van der Waals surface area contributed by atoms with Crippen LogP contribution in [0.4, 0.5) is 0 Å². The SMILES string of the molecule is Cc1ccc(CSCCNC(=O)C2CCN(C(=O)/C=C/c3ccccc3)CC2)cc1. The molecule has 158 valence electrons. The molecule has 0 unspecified atom stereocenters. The number of carbonyl (C=O) groups excluding carboxylic acids is 2. The molecule has 30 heavy (non-hydrogen) atoms. The molecule has 1 aliphatic heterocycles. The quantitative estimate of drug-likeness (QED) is 0.510. The van der Waals surface area contributed by atoms with E-state index in [1.165, 1.54) is 11.1 Å². The molecule has 3 rings (SSSR count). The van der Waals surface area contributed by atoms with Crippen molar-refractivity contribution in [3.63, 3.8) is 0 Å². The van der Waals surface area contributed by atoms with Gasteiger partial charge in [-0.1, -0.05) is 60.2 Å². The van der Waals surface area contributed by atoms with Crippen molar-refractivity contribution in [2.24, 2.45) is 5.92 Å². The molecular formula is C25H30N2O2S. The second-order valence-electron chi connectivity index (χ2n) is 7.67. The summed E-state index contributed by atoms with van der Waals surface area (Å²) in [7, 11) is 0. The maximum atomic E-state index is 12.4. The van der Waals surface area contributed by atoms with E-state index in [1.807, 2.05) is 53.1 Å². The fraction of sp³-hybridized carbons (Fsp3) is 0.360. The van der Waals surface area contributed by atoms with E-state index in [-0.39, 0.29) is 17.7 Å². The molecule has 0 radical (unpaired) electrons. The molecule has 2 aromatic carbocycles. The number of carbonyl (C=O) groups is 2. The smallest absolute Gasteiger partial charge is 0.246 e. The fourth-order valence-electron chi connectivity index (χ4n) is 3.46. The highest BCUT2D eigenvalue weighted by atomic mass is 32.2. The first-order chi connectivity index (χ1) is 14.6. The van der Waals surface area contributed by atoms with Gasteiger partial charge in [0.05, 0.1) is 0 Å². The third kappa shape index (κ3) is 7.06.